The van der Waals surface area contributed by atoms with Gasteiger partial charge in [0.25, 0.3) is 0 Å². The predicted molar refractivity (Wildman–Crippen MR) is 107 cm³/mol. The van der Waals surface area contributed by atoms with Gasteiger partial charge in [-0.25, -0.2) is 9.97 Å². The lowest BCUT2D eigenvalue weighted by Crippen LogP contribution is -2.48. The van der Waals surface area contributed by atoms with E-state index in [0.29, 0.717) is 17.8 Å². The number of rotatable bonds is 5. The molecule has 27 heavy (non-hydrogen) atoms. The third-order valence-corrected chi connectivity index (χ3v) is 5.68. The molecule has 0 atom stereocenters. The van der Waals surface area contributed by atoms with Crippen molar-refractivity contribution >= 4 is 46.1 Å². The number of nitrogens with zero attached hydrogens (tertiary/aromatic N) is 5. The summed E-state index contributed by atoms with van der Waals surface area (Å²) in [6.07, 6.45) is 2.03. The van der Waals surface area contributed by atoms with Crippen molar-refractivity contribution in [3.05, 3.63) is 41.9 Å². The molecule has 1 N–H and O–H groups in total. The quantitative estimate of drug-likeness (QED) is 0.401. The van der Waals surface area contributed by atoms with E-state index in [1.54, 1.807) is 6.33 Å². The largest absolute Gasteiger partial charge is 0.368 e. The molecule has 1 amide bonds. The smallest absolute Gasteiger partial charge is 0.225 e. The van der Waals surface area contributed by atoms with Crippen molar-refractivity contribution in [2.24, 2.45) is 0 Å². The Labute approximate surface area is 166 Å². The van der Waals surface area contributed by atoms with Crippen molar-refractivity contribution in [2.75, 3.05) is 36.8 Å². The molecule has 1 aromatic carbocycles. The minimum Gasteiger partial charge on any atom is -0.368 e. The van der Waals surface area contributed by atoms with Crippen LogP contribution in [-0.2, 0) is 4.79 Å². The summed E-state index contributed by atoms with van der Waals surface area (Å²) in [5.41, 5.74) is 2.51. The number of halogens is 1. The number of H-pyrrole nitrogens is 1. The number of carbonyl (C=O) groups is 1. The van der Waals surface area contributed by atoms with E-state index in [-0.39, 0.29) is 11.2 Å². The van der Waals surface area contributed by atoms with Crippen LogP contribution in [0.25, 0.3) is 11.2 Å². The van der Waals surface area contributed by atoms with Crippen LogP contribution in [0.2, 0.25) is 5.28 Å². The number of para-hydroxylation sites is 1. The van der Waals surface area contributed by atoms with Crippen LogP contribution in [0.5, 0.6) is 0 Å². The van der Waals surface area contributed by atoms with E-state index in [2.05, 4.69) is 37.0 Å². The minimum atomic E-state index is 0.167. The average Bonchev–Trinajstić information content (AvgIpc) is 3.17. The molecule has 7 nitrogen and oxygen atoms in total. The Morgan fingerprint density at radius 3 is 2.70 bits per heavy atom. The fraction of sp³-hybridized carbons (Fsp3) is 0.333. The van der Waals surface area contributed by atoms with Crippen molar-refractivity contribution in [2.45, 2.75) is 11.4 Å². The maximum Gasteiger partial charge on any atom is 0.225 e. The molecular formula is C18H19ClN6OS. The summed E-state index contributed by atoms with van der Waals surface area (Å²) in [5.74, 6) is 0.815. The van der Waals surface area contributed by atoms with Gasteiger partial charge in [0.1, 0.15) is 10.5 Å². The molecule has 1 fully saturated rings. The molecule has 1 aliphatic heterocycles. The van der Waals surface area contributed by atoms with E-state index in [0.717, 1.165) is 36.7 Å². The van der Waals surface area contributed by atoms with Gasteiger partial charge in [0, 0.05) is 44.0 Å². The monoisotopic (exact) mass is 402 g/mol. The molecular weight excluding hydrogens is 384 g/mol. The Morgan fingerprint density at radius 1 is 1.15 bits per heavy atom. The molecule has 0 spiro atoms. The highest BCUT2D eigenvalue weighted by atomic mass is 35.5. The van der Waals surface area contributed by atoms with E-state index >= 15 is 0 Å². The van der Waals surface area contributed by atoms with Gasteiger partial charge in [0.15, 0.2) is 5.65 Å². The Kier molecular flexibility index (Phi) is 5.45. The zero-order valence-electron chi connectivity index (χ0n) is 14.6. The molecule has 0 aliphatic carbocycles. The van der Waals surface area contributed by atoms with Crippen molar-refractivity contribution in [1.82, 2.24) is 24.8 Å². The number of imidazole rings is 1. The summed E-state index contributed by atoms with van der Waals surface area (Å²) >= 11 is 7.43. The fourth-order valence-electron chi connectivity index (χ4n) is 3.13. The van der Waals surface area contributed by atoms with Crippen molar-refractivity contribution in [3.8, 4) is 0 Å². The Hall–Kier alpha value is -2.32. The van der Waals surface area contributed by atoms with Gasteiger partial charge < -0.3 is 14.8 Å². The van der Waals surface area contributed by atoms with Crippen molar-refractivity contribution in [1.29, 1.82) is 0 Å². The van der Waals surface area contributed by atoms with Gasteiger partial charge in [-0.05, 0) is 23.7 Å². The van der Waals surface area contributed by atoms with Crippen LogP contribution in [0.3, 0.4) is 0 Å². The van der Waals surface area contributed by atoms with Crippen LogP contribution < -0.4 is 4.90 Å². The number of aromatic nitrogens is 4. The van der Waals surface area contributed by atoms with Gasteiger partial charge in [-0.15, -0.1) is 11.8 Å². The number of carbonyl (C=O) groups excluding carboxylic acids is 1. The van der Waals surface area contributed by atoms with Gasteiger partial charge in [-0.2, -0.15) is 4.98 Å². The molecule has 9 heteroatoms. The van der Waals surface area contributed by atoms with Crippen LogP contribution in [0, 0.1) is 0 Å². The number of amides is 1. The SMILES string of the molecule is O=C(CCSc1nc(Cl)nc2nc[nH]c12)N1CCN(c2ccccc2)CC1. The minimum absolute atomic E-state index is 0.167. The van der Waals surface area contributed by atoms with E-state index in [4.69, 9.17) is 11.6 Å². The number of anilines is 1. The van der Waals surface area contributed by atoms with E-state index < -0.39 is 0 Å². The summed E-state index contributed by atoms with van der Waals surface area (Å²) in [4.78, 5) is 32.2. The topological polar surface area (TPSA) is 78.0 Å². The molecule has 3 aromatic rings. The number of aromatic amines is 1. The number of piperazine rings is 1. The normalized spacial score (nSPS) is 14.7. The zero-order chi connectivity index (χ0) is 18.6. The molecule has 0 bridgehead atoms. The molecule has 1 aliphatic rings. The predicted octanol–water partition coefficient (Wildman–Crippen LogP) is 2.84. The lowest BCUT2D eigenvalue weighted by molar-refractivity contribution is -0.131. The zero-order valence-corrected chi connectivity index (χ0v) is 16.2. The number of hydrogen-bond acceptors (Lipinski definition) is 6. The fourth-order valence-corrected chi connectivity index (χ4v) is 4.26. The van der Waals surface area contributed by atoms with E-state index in [1.165, 1.54) is 17.4 Å². The van der Waals surface area contributed by atoms with Crippen molar-refractivity contribution < 1.29 is 4.79 Å². The molecule has 4 rings (SSSR count). The maximum atomic E-state index is 12.5. The Bertz CT molecular complexity index is 926. The first-order valence-electron chi connectivity index (χ1n) is 8.78. The molecule has 0 saturated carbocycles. The number of nitrogens with one attached hydrogen (secondary N) is 1. The number of thioether (sulfide) groups is 1. The van der Waals surface area contributed by atoms with Gasteiger partial charge >= 0.3 is 0 Å². The second-order valence-electron chi connectivity index (χ2n) is 6.20. The first-order chi connectivity index (χ1) is 13.2. The van der Waals surface area contributed by atoms with Gasteiger partial charge in [-0.1, -0.05) is 18.2 Å². The van der Waals surface area contributed by atoms with Crippen LogP contribution >= 0.6 is 23.4 Å². The number of fused-ring (bicyclic) bond motifs is 1. The second-order valence-corrected chi connectivity index (χ2v) is 7.62. The average molecular weight is 403 g/mol. The Morgan fingerprint density at radius 2 is 1.93 bits per heavy atom. The van der Waals surface area contributed by atoms with Gasteiger partial charge in [0.05, 0.1) is 6.33 Å². The van der Waals surface area contributed by atoms with Crippen LogP contribution in [-0.4, -0.2) is 62.7 Å². The maximum absolute atomic E-state index is 12.5. The first-order valence-corrected chi connectivity index (χ1v) is 10.1. The summed E-state index contributed by atoms with van der Waals surface area (Å²) in [6, 6.07) is 10.3. The molecule has 3 heterocycles. The second kappa shape index (κ2) is 8.14. The van der Waals surface area contributed by atoms with Gasteiger partial charge in [-0.3, -0.25) is 4.79 Å². The molecule has 1 saturated heterocycles. The highest BCUT2D eigenvalue weighted by Crippen LogP contribution is 2.25. The van der Waals surface area contributed by atoms with Crippen LogP contribution in [0.4, 0.5) is 5.69 Å². The molecule has 140 valence electrons. The lowest BCUT2D eigenvalue weighted by Gasteiger charge is -2.36. The third-order valence-electron chi connectivity index (χ3n) is 4.53. The highest BCUT2D eigenvalue weighted by Gasteiger charge is 2.21. The van der Waals surface area contributed by atoms with E-state index in [1.807, 2.05) is 23.1 Å². The van der Waals surface area contributed by atoms with Crippen LogP contribution in [0.1, 0.15) is 6.42 Å². The Balaban J connectivity index is 1.28. The summed E-state index contributed by atoms with van der Waals surface area (Å²) in [7, 11) is 0. The molecule has 0 radical (unpaired) electrons. The lowest BCUT2D eigenvalue weighted by atomic mass is 10.2. The standard InChI is InChI=1S/C18H19ClN6OS/c19-18-22-16-15(20-12-21-16)17(23-18)27-11-6-14(26)25-9-7-24(8-10-25)13-4-2-1-3-5-13/h1-5,12H,6-11H2,(H,20,21,22,23). The third kappa shape index (κ3) is 4.17. The number of benzene rings is 1. The van der Waals surface area contributed by atoms with Crippen LogP contribution in [0.15, 0.2) is 41.7 Å². The van der Waals surface area contributed by atoms with Crippen molar-refractivity contribution in [3.63, 3.8) is 0 Å². The first kappa shape index (κ1) is 18.1. The summed E-state index contributed by atoms with van der Waals surface area (Å²) < 4.78 is 0. The molecule has 2 aromatic heterocycles. The van der Waals surface area contributed by atoms with E-state index in [9.17, 15) is 4.79 Å². The number of hydrogen-bond donors (Lipinski definition) is 1. The highest BCUT2D eigenvalue weighted by molar-refractivity contribution is 7.99. The summed E-state index contributed by atoms with van der Waals surface area (Å²) in [5, 5.41) is 0.893. The summed E-state index contributed by atoms with van der Waals surface area (Å²) in [6.45, 7) is 3.23. The van der Waals surface area contributed by atoms with Gasteiger partial charge in [0.2, 0.25) is 11.2 Å². The molecule has 0 unspecified atom stereocenters.